The third-order valence-corrected chi connectivity index (χ3v) is 4.35. The van der Waals surface area contributed by atoms with Crippen molar-refractivity contribution in [3.63, 3.8) is 0 Å². The van der Waals surface area contributed by atoms with Crippen LogP contribution in [0.5, 0.6) is 0 Å². The van der Waals surface area contributed by atoms with Gasteiger partial charge < -0.3 is 9.64 Å². The summed E-state index contributed by atoms with van der Waals surface area (Å²) >= 11 is 3.54. The molecule has 1 heterocycles. The molecule has 0 saturated heterocycles. The molecule has 0 atom stereocenters. The quantitative estimate of drug-likeness (QED) is 0.718. The van der Waals surface area contributed by atoms with Crippen molar-refractivity contribution < 1.29 is 4.74 Å². The van der Waals surface area contributed by atoms with Gasteiger partial charge in [0.2, 0.25) is 0 Å². The standard InChI is InChI=1S/C18H20BrNO/c19-17-7-8-18-16(13-17)9-11-20(18)10-4-12-21-14-15-5-2-1-3-6-15/h1-3,5-8,13H,4,9-12,14H2. The Balaban J connectivity index is 1.41. The summed E-state index contributed by atoms with van der Waals surface area (Å²) in [4.78, 5) is 2.47. The van der Waals surface area contributed by atoms with Crippen molar-refractivity contribution in [2.45, 2.75) is 19.4 Å². The van der Waals surface area contributed by atoms with Crippen molar-refractivity contribution >= 4 is 21.6 Å². The SMILES string of the molecule is Brc1ccc2c(c1)CCN2CCCOCc1ccccc1. The Labute approximate surface area is 134 Å². The molecule has 0 aliphatic carbocycles. The van der Waals surface area contributed by atoms with Crippen molar-refractivity contribution in [3.05, 3.63) is 64.1 Å². The minimum atomic E-state index is 0.713. The van der Waals surface area contributed by atoms with Crippen LogP contribution in [0.4, 0.5) is 5.69 Å². The molecule has 0 unspecified atom stereocenters. The van der Waals surface area contributed by atoms with Crippen LogP contribution in [0.2, 0.25) is 0 Å². The molecule has 2 aromatic carbocycles. The largest absolute Gasteiger partial charge is 0.377 e. The Morgan fingerprint density at radius 1 is 1.10 bits per heavy atom. The molecule has 0 spiro atoms. The number of halogens is 1. The second-order valence-corrected chi connectivity index (χ2v) is 6.32. The number of ether oxygens (including phenoxy) is 1. The highest BCUT2D eigenvalue weighted by Crippen LogP contribution is 2.30. The fourth-order valence-corrected chi connectivity index (χ4v) is 3.20. The number of nitrogens with zero attached hydrogens (tertiary/aromatic N) is 1. The lowest BCUT2D eigenvalue weighted by Gasteiger charge is -2.19. The van der Waals surface area contributed by atoms with Gasteiger partial charge in [-0.15, -0.1) is 0 Å². The van der Waals surface area contributed by atoms with E-state index in [9.17, 15) is 0 Å². The van der Waals surface area contributed by atoms with Gasteiger partial charge in [-0.2, -0.15) is 0 Å². The number of hydrogen-bond donors (Lipinski definition) is 0. The van der Waals surface area contributed by atoms with Crippen LogP contribution in [0.1, 0.15) is 17.5 Å². The molecule has 0 fully saturated rings. The predicted octanol–water partition coefficient (Wildman–Crippen LogP) is 4.42. The summed E-state index contributed by atoms with van der Waals surface area (Å²) in [5.74, 6) is 0. The van der Waals surface area contributed by atoms with E-state index in [0.29, 0.717) is 6.61 Å². The van der Waals surface area contributed by atoms with Gasteiger partial charge in [-0.25, -0.2) is 0 Å². The Kier molecular flexibility index (Phi) is 4.94. The molecule has 1 aliphatic heterocycles. The highest BCUT2D eigenvalue weighted by atomic mass is 79.9. The minimum absolute atomic E-state index is 0.713. The first-order valence-corrected chi connectivity index (χ1v) is 8.27. The molecule has 0 aromatic heterocycles. The normalized spacial score (nSPS) is 13.5. The van der Waals surface area contributed by atoms with Gasteiger partial charge in [0.05, 0.1) is 6.61 Å². The summed E-state index contributed by atoms with van der Waals surface area (Å²) in [6, 6.07) is 16.9. The number of benzene rings is 2. The Morgan fingerprint density at radius 2 is 1.95 bits per heavy atom. The first-order chi connectivity index (χ1) is 10.3. The monoisotopic (exact) mass is 345 g/mol. The van der Waals surface area contributed by atoms with E-state index in [-0.39, 0.29) is 0 Å². The van der Waals surface area contributed by atoms with Crippen LogP contribution >= 0.6 is 15.9 Å². The lowest BCUT2D eigenvalue weighted by Crippen LogP contribution is -2.22. The van der Waals surface area contributed by atoms with Gasteiger partial charge in [0, 0.05) is 29.9 Å². The molecule has 2 aromatic rings. The van der Waals surface area contributed by atoms with Crippen LogP contribution in [0, 0.1) is 0 Å². The first-order valence-electron chi connectivity index (χ1n) is 7.48. The minimum Gasteiger partial charge on any atom is -0.377 e. The Bertz CT molecular complexity index is 585. The molecule has 2 nitrogen and oxygen atoms in total. The van der Waals surface area contributed by atoms with E-state index in [1.54, 1.807) is 0 Å². The molecule has 1 aliphatic rings. The zero-order chi connectivity index (χ0) is 14.5. The topological polar surface area (TPSA) is 12.5 Å². The average molecular weight is 346 g/mol. The van der Waals surface area contributed by atoms with Crippen LogP contribution in [0.3, 0.4) is 0 Å². The van der Waals surface area contributed by atoms with Crippen molar-refractivity contribution in [2.75, 3.05) is 24.6 Å². The summed E-state index contributed by atoms with van der Waals surface area (Å²) < 4.78 is 6.93. The van der Waals surface area contributed by atoms with Gasteiger partial charge in [0.25, 0.3) is 0 Å². The summed E-state index contributed by atoms with van der Waals surface area (Å²) in [6.45, 7) is 3.73. The maximum absolute atomic E-state index is 5.75. The smallest absolute Gasteiger partial charge is 0.0716 e. The lowest BCUT2D eigenvalue weighted by atomic mass is 10.2. The van der Waals surface area contributed by atoms with Crippen molar-refractivity contribution in [3.8, 4) is 0 Å². The molecule has 0 bridgehead atoms. The number of anilines is 1. The third kappa shape index (κ3) is 3.86. The van der Waals surface area contributed by atoms with Gasteiger partial charge in [-0.05, 0) is 42.2 Å². The molecule has 0 radical (unpaired) electrons. The van der Waals surface area contributed by atoms with Crippen molar-refractivity contribution in [1.29, 1.82) is 0 Å². The number of rotatable bonds is 6. The van der Waals surface area contributed by atoms with E-state index in [1.165, 1.54) is 21.3 Å². The lowest BCUT2D eigenvalue weighted by molar-refractivity contribution is 0.119. The van der Waals surface area contributed by atoms with E-state index in [1.807, 2.05) is 6.07 Å². The van der Waals surface area contributed by atoms with Crippen molar-refractivity contribution in [2.24, 2.45) is 0 Å². The molecular weight excluding hydrogens is 326 g/mol. The van der Waals surface area contributed by atoms with Gasteiger partial charge >= 0.3 is 0 Å². The highest BCUT2D eigenvalue weighted by molar-refractivity contribution is 9.10. The van der Waals surface area contributed by atoms with Crippen LogP contribution in [0.15, 0.2) is 53.0 Å². The molecule has 3 rings (SSSR count). The third-order valence-electron chi connectivity index (χ3n) is 3.86. The number of hydrogen-bond acceptors (Lipinski definition) is 2. The van der Waals surface area contributed by atoms with E-state index in [2.05, 4.69) is 63.3 Å². The van der Waals surface area contributed by atoms with Crippen LogP contribution in [-0.4, -0.2) is 19.7 Å². The molecule has 110 valence electrons. The van der Waals surface area contributed by atoms with Crippen LogP contribution < -0.4 is 4.90 Å². The predicted molar refractivity (Wildman–Crippen MR) is 90.8 cm³/mol. The highest BCUT2D eigenvalue weighted by Gasteiger charge is 2.18. The van der Waals surface area contributed by atoms with E-state index in [0.717, 1.165) is 32.5 Å². The van der Waals surface area contributed by atoms with Crippen molar-refractivity contribution in [1.82, 2.24) is 0 Å². The molecular formula is C18H20BrNO. The molecule has 0 saturated carbocycles. The second kappa shape index (κ2) is 7.10. The summed E-state index contributed by atoms with van der Waals surface area (Å²) in [6.07, 6.45) is 2.22. The van der Waals surface area contributed by atoms with Gasteiger partial charge in [-0.1, -0.05) is 46.3 Å². The maximum atomic E-state index is 5.75. The van der Waals surface area contributed by atoms with Crippen LogP contribution in [0.25, 0.3) is 0 Å². The van der Waals surface area contributed by atoms with E-state index < -0.39 is 0 Å². The fraction of sp³-hybridized carbons (Fsp3) is 0.333. The van der Waals surface area contributed by atoms with E-state index >= 15 is 0 Å². The van der Waals surface area contributed by atoms with Gasteiger partial charge in [0.15, 0.2) is 0 Å². The maximum Gasteiger partial charge on any atom is 0.0716 e. The van der Waals surface area contributed by atoms with E-state index in [4.69, 9.17) is 4.74 Å². The summed E-state index contributed by atoms with van der Waals surface area (Å²) in [5, 5.41) is 0. The Hall–Kier alpha value is -1.32. The first kappa shape index (κ1) is 14.6. The second-order valence-electron chi connectivity index (χ2n) is 5.40. The fourth-order valence-electron chi connectivity index (χ4n) is 2.79. The van der Waals surface area contributed by atoms with Crippen LogP contribution in [-0.2, 0) is 17.8 Å². The zero-order valence-corrected chi connectivity index (χ0v) is 13.7. The molecule has 0 amide bonds. The summed E-state index contributed by atoms with van der Waals surface area (Å²) in [5.41, 5.74) is 4.09. The average Bonchev–Trinajstić information content (AvgIpc) is 2.90. The summed E-state index contributed by atoms with van der Waals surface area (Å²) in [7, 11) is 0. The van der Waals surface area contributed by atoms with Gasteiger partial charge in [-0.3, -0.25) is 0 Å². The molecule has 3 heteroatoms. The molecule has 21 heavy (non-hydrogen) atoms. The molecule has 0 N–H and O–H groups in total. The zero-order valence-electron chi connectivity index (χ0n) is 12.1. The van der Waals surface area contributed by atoms with Gasteiger partial charge in [0.1, 0.15) is 0 Å². The Morgan fingerprint density at radius 3 is 2.81 bits per heavy atom. The number of fused-ring (bicyclic) bond motifs is 1.